The maximum absolute atomic E-state index is 11.4. The molecule has 0 aromatic heterocycles. The van der Waals surface area contributed by atoms with Crippen LogP contribution in [0.2, 0.25) is 0 Å². The van der Waals surface area contributed by atoms with E-state index in [-0.39, 0.29) is 16.5 Å². The van der Waals surface area contributed by atoms with Crippen molar-refractivity contribution in [3.05, 3.63) is 27.8 Å². The van der Waals surface area contributed by atoms with Crippen LogP contribution in [0.1, 0.15) is 5.56 Å². The van der Waals surface area contributed by atoms with Gasteiger partial charge in [0.25, 0.3) is 5.69 Å². The minimum atomic E-state index is -0.654. The zero-order valence-electron chi connectivity index (χ0n) is 13.5. The first kappa shape index (κ1) is 17.8. The zero-order chi connectivity index (χ0) is 17.0. The highest BCUT2D eigenvalue weighted by atomic mass is 35.5. The highest BCUT2D eigenvalue weighted by molar-refractivity contribution is 6.18. The molecule has 0 bridgehead atoms. The fraction of sp³-hybridized carbons (Fsp3) is 0.600. The topological polar surface area (TPSA) is 81.9 Å². The molecule has 0 spiro atoms. The number of piperazine rings is 1. The van der Waals surface area contributed by atoms with E-state index in [2.05, 4.69) is 10.2 Å². The van der Waals surface area contributed by atoms with E-state index in [9.17, 15) is 15.2 Å². The maximum atomic E-state index is 11.4. The van der Waals surface area contributed by atoms with Gasteiger partial charge >= 0.3 is 0 Å². The predicted molar refractivity (Wildman–Crippen MR) is 92.8 cm³/mol. The van der Waals surface area contributed by atoms with E-state index in [1.54, 1.807) is 12.1 Å². The van der Waals surface area contributed by atoms with Gasteiger partial charge in [-0.25, -0.2) is 0 Å². The number of nitrogens with zero attached hydrogens (tertiary/aromatic N) is 3. The van der Waals surface area contributed by atoms with Crippen LogP contribution in [0.15, 0.2) is 12.1 Å². The third kappa shape index (κ3) is 4.46. The van der Waals surface area contributed by atoms with Crippen molar-refractivity contribution in [2.24, 2.45) is 0 Å². The fourth-order valence-corrected chi connectivity index (χ4v) is 2.71. The zero-order valence-corrected chi connectivity index (χ0v) is 14.2. The summed E-state index contributed by atoms with van der Waals surface area (Å²) < 4.78 is 0. The van der Waals surface area contributed by atoms with Gasteiger partial charge in [0.05, 0.1) is 16.9 Å². The number of benzene rings is 1. The number of aliphatic hydroxyl groups is 1. The molecule has 1 aromatic carbocycles. The minimum absolute atomic E-state index is 0.121. The third-order valence-corrected chi connectivity index (χ3v) is 4.42. The average Bonchev–Trinajstić information content (AvgIpc) is 2.53. The number of hydrogen-bond acceptors (Lipinski definition) is 6. The molecule has 1 heterocycles. The number of nitro benzene ring substituents is 1. The highest BCUT2D eigenvalue weighted by Crippen LogP contribution is 2.34. The van der Waals surface area contributed by atoms with Crippen molar-refractivity contribution in [1.29, 1.82) is 0 Å². The van der Waals surface area contributed by atoms with Crippen LogP contribution in [0.5, 0.6) is 0 Å². The number of alkyl halides is 1. The Morgan fingerprint density at radius 2 is 2.04 bits per heavy atom. The van der Waals surface area contributed by atoms with Crippen molar-refractivity contribution in [3.63, 3.8) is 0 Å². The first-order valence-corrected chi connectivity index (χ1v) is 8.16. The molecule has 0 saturated carbocycles. The van der Waals surface area contributed by atoms with Crippen LogP contribution in [-0.4, -0.2) is 66.7 Å². The Balaban J connectivity index is 2.28. The van der Waals surface area contributed by atoms with Crippen molar-refractivity contribution in [3.8, 4) is 0 Å². The number of aryl methyl sites for hydroxylation is 1. The molecule has 8 heteroatoms. The van der Waals surface area contributed by atoms with Gasteiger partial charge in [-0.3, -0.25) is 10.1 Å². The first-order valence-electron chi connectivity index (χ1n) is 7.62. The van der Waals surface area contributed by atoms with E-state index in [0.29, 0.717) is 12.2 Å². The Morgan fingerprint density at radius 1 is 1.39 bits per heavy atom. The van der Waals surface area contributed by atoms with Crippen LogP contribution in [0.3, 0.4) is 0 Å². The molecule has 1 unspecified atom stereocenters. The molecular formula is C15H23ClN4O3. The molecule has 1 saturated heterocycles. The Bertz CT molecular complexity index is 562. The highest BCUT2D eigenvalue weighted by Gasteiger charge is 2.24. The third-order valence-electron chi connectivity index (χ3n) is 4.07. The van der Waals surface area contributed by atoms with Crippen molar-refractivity contribution in [2.45, 2.75) is 13.0 Å². The quantitative estimate of drug-likeness (QED) is 0.465. The van der Waals surface area contributed by atoms with Gasteiger partial charge in [-0.05, 0) is 25.6 Å². The number of rotatable bonds is 6. The predicted octanol–water partition coefficient (Wildman–Crippen LogP) is 1.67. The summed E-state index contributed by atoms with van der Waals surface area (Å²) in [4.78, 5) is 15.3. The molecule has 23 heavy (non-hydrogen) atoms. The Morgan fingerprint density at radius 3 is 2.61 bits per heavy atom. The normalized spacial score (nSPS) is 17.1. The standard InChI is InChI=1S/C15H23ClN4O3/c1-11-7-15(20(22)23)14(19-5-3-18(2)4-6-19)8-13(11)17-10-12(21)9-16/h7-8,12,17,21H,3-6,9-10H2,1-2H3. The SMILES string of the molecule is Cc1cc([N+](=O)[O-])c(N2CCN(C)CC2)cc1NCC(O)CCl. The Labute approximate surface area is 141 Å². The lowest BCUT2D eigenvalue weighted by atomic mass is 10.1. The Kier molecular flexibility index (Phi) is 6.04. The molecule has 1 atom stereocenters. The monoisotopic (exact) mass is 342 g/mol. The summed E-state index contributed by atoms with van der Waals surface area (Å²) in [6.07, 6.45) is -0.654. The molecule has 0 aliphatic carbocycles. The molecule has 1 fully saturated rings. The number of hydrogen-bond donors (Lipinski definition) is 2. The van der Waals surface area contributed by atoms with Crippen LogP contribution in [0, 0.1) is 17.0 Å². The van der Waals surface area contributed by atoms with Crippen molar-refractivity contribution < 1.29 is 10.0 Å². The van der Waals surface area contributed by atoms with Crippen LogP contribution in [-0.2, 0) is 0 Å². The lowest BCUT2D eigenvalue weighted by molar-refractivity contribution is -0.384. The van der Waals surface area contributed by atoms with Crippen LogP contribution < -0.4 is 10.2 Å². The average molecular weight is 343 g/mol. The summed E-state index contributed by atoms with van der Waals surface area (Å²) in [6, 6.07) is 3.39. The van der Waals surface area contributed by atoms with Crippen LogP contribution >= 0.6 is 11.6 Å². The molecule has 2 N–H and O–H groups in total. The van der Waals surface area contributed by atoms with E-state index in [0.717, 1.165) is 37.4 Å². The van der Waals surface area contributed by atoms with Gasteiger partial charge in [0, 0.05) is 44.5 Å². The summed E-state index contributed by atoms with van der Waals surface area (Å²) in [5.41, 5.74) is 2.30. The second-order valence-electron chi connectivity index (χ2n) is 5.89. The summed E-state index contributed by atoms with van der Waals surface area (Å²) in [7, 11) is 2.04. The number of halogens is 1. The lowest BCUT2D eigenvalue weighted by Crippen LogP contribution is -2.44. The van der Waals surface area contributed by atoms with E-state index in [4.69, 9.17) is 11.6 Å². The smallest absolute Gasteiger partial charge is 0.292 e. The van der Waals surface area contributed by atoms with Gasteiger partial charge < -0.3 is 20.2 Å². The largest absolute Gasteiger partial charge is 0.390 e. The molecule has 1 aliphatic heterocycles. The molecule has 0 radical (unpaired) electrons. The summed E-state index contributed by atoms with van der Waals surface area (Å²) in [6.45, 7) is 5.38. The summed E-state index contributed by atoms with van der Waals surface area (Å²) in [5, 5.41) is 24.1. The number of likely N-dealkylation sites (N-methyl/N-ethyl adjacent to an activating group) is 1. The van der Waals surface area contributed by atoms with Crippen molar-refractivity contribution >= 4 is 28.7 Å². The van der Waals surface area contributed by atoms with E-state index in [1.807, 2.05) is 18.9 Å². The molecule has 1 aliphatic rings. The number of anilines is 2. The molecule has 0 amide bonds. The van der Waals surface area contributed by atoms with E-state index >= 15 is 0 Å². The number of nitrogens with one attached hydrogen (secondary N) is 1. The van der Waals surface area contributed by atoms with Crippen molar-refractivity contribution in [1.82, 2.24) is 4.90 Å². The van der Waals surface area contributed by atoms with E-state index in [1.165, 1.54) is 0 Å². The van der Waals surface area contributed by atoms with Crippen LogP contribution in [0.25, 0.3) is 0 Å². The van der Waals surface area contributed by atoms with Gasteiger partial charge in [-0.15, -0.1) is 11.6 Å². The minimum Gasteiger partial charge on any atom is -0.390 e. The fourth-order valence-electron chi connectivity index (χ4n) is 2.60. The maximum Gasteiger partial charge on any atom is 0.292 e. The summed E-state index contributed by atoms with van der Waals surface area (Å²) >= 11 is 5.60. The number of nitro groups is 1. The van der Waals surface area contributed by atoms with E-state index < -0.39 is 6.10 Å². The van der Waals surface area contributed by atoms with Gasteiger partial charge in [0.1, 0.15) is 5.69 Å². The number of aliphatic hydroxyl groups excluding tert-OH is 1. The first-order chi connectivity index (χ1) is 10.9. The Hall–Kier alpha value is -1.57. The second-order valence-corrected chi connectivity index (χ2v) is 6.20. The van der Waals surface area contributed by atoms with Crippen molar-refractivity contribution in [2.75, 3.05) is 55.9 Å². The van der Waals surface area contributed by atoms with Gasteiger partial charge in [0.15, 0.2) is 0 Å². The lowest BCUT2D eigenvalue weighted by Gasteiger charge is -2.34. The molecule has 7 nitrogen and oxygen atoms in total. The van der Waals surface area contributed by atoms with Gasteiger partial charge in [-0.2, -0.15) is 0 Å². The van der Waals surface area contributed by atoms with Gasteiger partial charge in [0.2, 0.25) is 0 Å². The summed E-state index contributed by atoms with van der Waals surface area (Å²) in [5.74, 6) is 0.143. The molecular weight excluding hydrogens is 320 g/mol. The second kappa shape index (κ2) is 7.81. The molecule has 2 rings (SSSR count). The van der Waals surface area contributed by atoms with Crippen LogP contribution in [0.4, 0.5) is 17.1 Å². The van der Waals surface area contributed by atoms with Gasteiger partial charge in [-0.1, -0.05) is 0 Å². The molecule has 1 aromatic rings. The molecule has 128 valence electrons.